The Morgan fingerprint density at radius 1 is 0.376 bits per heavy atom. The third kappa shape index (κ3) is 9.39. The van der Waals surface area contributed by atoms with Crippen LogP contribution in [0.3, 0.4) is 0 Å². The zero-order valence-electron chi connectivity index (χ0n) is 54.0. The van der Waals surface area contributed by atoms with E-state index in [0.29, 0.717) is 103 Å². The predicted molar refractivity (Wildman–Crippen MR) is 366 cm³/mol. The van der Waals surface area contributed by atoms with E-state index in [0.717, 1.165) is 56.1 Å². The van der Waals surface area contributed by atoms with Crippen molar-refractivity contribution in [3.63, 3.8) is 0 Å². The van der Waals surface area contributed by atoms with Crippen molar-refractivity contribution >= 4 is 69.3 Å². The predicted octanol–water partition coefficient (Wildman–Crippen LogP) is 18.8. The van der Waals surface area contributed by atoms with Crippen LogP contribution in [-0.4, -0.2) is 36.8 Å². The molecule has 0 radical (unpaired) electrons. The maximum atomic E-state index is 14.5. The van der Waals surface area contributed by atoms with Gasteiger partial charge in [0.1, 0.15) is 23.0 Å². The molecule has 4 aliphatic rings. The number of fused-ring (bicyclic) bond motifs is 12. The van der Waals surface area contributed by atoms with Crippen molar-refractivity contribution in [1.29, 1.82) is 0 Å². The number of aryl methyl sites for hydroxylation is 4. The molecule has 2 spiro atoms. The number of hydrogen-bond donors (Lipinski definition) is 0. The average molecular weight is 1230 g/mol. The highest BCUT2D eigenvalue weighted by Crippen LogP contribution is 2.60. The Hall–Kier alpha value is -10.7. The fourth-order valence-corrected chi connectivity index (χ4v) is 14.5. The highest BCUT2D eigenvalue weighted by molar-refractivity contribution is 6.04. The summed E-state index contributed by atoms with van der Waals surface area (Å²) < 4.78 is 27.2. The second-order valence-corrected chi connectivity index (χ2v) is 25.0. The largest absolute Gasteiger partial charge is 0.456 e. The maximum Gasteiger partial charge on any atom is 0.340 e. The third-order valence-electron chi connectivity index (χ3n) is 19.4. The topological polar surface area (TPSA) is 118 Å². The van der Waals surface area contributed by atoms with Crippen LogP contribution in [0.1, 0.15) is 142 Å². The maximum absolute atomic E-state index is 14.5. The number of esters is 2. The van der Waals surface area contributed by atoms with Crippen molar-refractivity contribution in [2.75, 3.05) is 32.7 Å². The van der Waals surface area contributed by atoms with Crippen LogP contribution in [-0.2, 0) is 35.7 Å². The van der Waals surface area contributed by atoms with Crippen LogP contribution < -0.4 is 29.1 Å². The Bertz CT molecular complexity index is 4430. The van der Waals surface area contributed by atoms with Gasteiger partial charge in [0.15, 0.2) is 11.2 Å². The molecule has 2 unspecified atom stereocenters. The number of nitrogens with zero attached hydrogens (tertiary/aromatic N) is 4. The number of amides is 2. The summed E-state index contributed by atoms with van der Waals surface area (Å²) in [6.07, 6.45) is 0.438. The summed E-state index contributed by atoms with van der Waals surface area (Å²) in [6, 6.07) is 67.8. The molecule has 0 saturated heterocycles. The van der Waals surface area contributed by atoms with E-state index >= 15 is 0 Å². The lowest BCUT2D eigenvalue weighted by atomic mass is 9.77. The fraction of sp³-hybridized carbons (Fsp3) is 0.210. The monoisotopic (exact) mass is 1230 g/mol. The minimum absolute atomic E-state index is 0.121. The molecule has 93 heavy (non-hydrogen) atoms. The second kappa shape index (κ2) is 22.9. The molecule has 0 aliphatic carbocycles. The van der Waals surface area contributed by atoms with Crippen molar-refractivity contribution in [2.24, 2.45) is 0 Å². The number of ether oxygens (including phenoxy) is 4. The Balaban J connectivity index is 0.789. The summed E-state index contributed by atoms with van der Waals surface area (Å²) in [5.74, 6) is 1.08. The highest BCUT2D eigenvalue weighted by Gasteiger charge is 2.56. The van der Waals surface area contributed by atoms with E-state index in [1.807, 2.05) is 161 Å². The van der Waals surface area contributed by atoms with Gasteiger partial charge in [0.05, 0.1) is 22.5 Å². The van der Waals surface area contributed by atoms with Crippen molar-refractivity contribution in [2.45, 2.75) is 98.7 Å². The molecule has 0 saturated carbocycles. The van der Waals surface area contributed by atoms with E-state index in [4.69, 9.17) is 18.9 Å². The van der Waals surface area contributed by atoms with E-state index in [-0.39, 0.29) is 24.7 Å². The Morgan fingerprint density at radius 3 is 1.11 bits per heavy atom. The van der Waals surface area contributed by atoms with Gasteiger partial charge in [-0.25, -0.2) is 9.59 Å². The van der Waals surface area contributed by atoms with Crippen LogP contribution in [0.25, 0.3) is 0 Å². The molecule has 0 aromatic heterocycles. The standard InChI is InChI=1S/C81H72N4O8/c1-11-75(86)84(69-47-65-71(43-51(69)7)90-73-45-57(82(13-3)67-29-21-15-23-49(67)5)39-41-63(73)80(65)61-27-19-17-25-59(61)77(88)92-80)55-35-31-53(32-36-55)79(9,10)54-33-37-56(38-34-54)85(76(87)12-2)70-48-66-72(44-52(70)8)91-74-46-58(83(14-4)68-30-22-16-24-50(68)6)40-42-64(74)81(66)62-28-20-18-26-60(62)78(89)93-81/h15-48H,11-14H2,1-10H3. The summed E-state index contributed by atoms with van der Waals surface area (Å²) >= 11 is 0. The van der Waals surface area contributed by atoms with Gasteiger partial charge in [-0.1, -0.05) is 125 Å². The molecule has 10 aromatic rings. The van der Waals surface area contributed by atoms with Gasteiger partial charge in [-0.3, -0.25) is 19.4 Å². The summed E-state index contributed by atoms with van der Waals surface area (Å²) in [4.78, 5) is 65.2. The zero-order chi connectivity index (χ0) is 64.8. The van der Waals surface area contributed by atoms with Crippen molar-refractivity contribution in [3.05, 3.63) is 284 Å². The van der Waals surface area contributed by atoms with Gasteiger partial charge in [0.2, 0.25) is 11.8 Å². The van der Waals surface area contributed by atoms with E-state index in [2.05, 4.69) is 112 Å². The number of para-hydroxylation sites is 2. The first-order valence-electron chi connectivity index (χ1n) is 32.1. The Morgan fingerprint density at radius 2 is 0.731 bits per heavy atom. The molecular weight excluding hydrogens is 1160 g/mol. The molecule has 0 bridgehead atoms. The van der Waals surface area contributed by atoms with Gasteiger partial charge in [0, 0.05) is 111 Å². The molecule has 0 fully saturated rings. The highest BCUT2D eigenvalue weighted by atomic mass is 16.6. The Kier molecular flexibility index (Phi) is 14.7. The molecule has 2 amide bonds. The lowest BCUT2D eigenvalue weighted by Crippen LogP contribution is -2.34. The van der Waals surface area contributed by atoms with E-state index in [1.165, 1.54) is 0 Å². The molecule has 14 rings (SSSR count). The average Bonchev–Trinajstić information content (AvgIpc) is 1.64. The van der Waals surface area contributed by atoms with Crippen LogP contribution in [0, 0.1) is 27.7 Å². The van der Waals surface area contributed by atoms with Gasteiger partial charge in [0.25, 0.3) is 0 Å². The van der Waals surface area contributed by atoms with Gasteiger partial charge < -0.3 is 28.7 Å². The number of anilines is 8. The Labute approximate surface area is 543 Å². The number of hydrogen-bond acceptors (Lipinski definition) is 10. The third-order valence-corrected chi connectivity index (χ3v) is 19.4. The minimum Gasteiger partial charge on any atom is -0.456 e. The van der Waals surface area contributed by atoms with Crippen LogP contribution in [0.5, 0.6) is 23.0 Å². The smallest absolute Gasteiger partial charge is 0.340 e. The normalized spacial score (nSPS) is 16.2. The molecule has 4 heterocycles. The molecule has 0 N–H and O–H groups in total. The van der Waals surface area contributed by atoms with Crippen molar-refractivity contribution in [3.8, 4) is 23.0 Å². The lowest BCUT2D eigenvalue weighted by Gasteiger charge is -2.38. The van der Waals surface area contributed by atoms with E-state index < -0.39 is 28.6 Å². The number of rotatable bonds is 14. The molecule has 4 aliphatic heterocycles. The minimum atomic E-state index is -1.38. The van der Waals surface area contributed by atoms with Crippen molar-refractivity contribution in [1.82, 2.24) is 0 Å². The van der Waals surface area contributed by atoms with Gasteiger partial charge in [-0.15, -0.1) is 0 Å². The van der Waals surface area contributed by atoms with Crippen molar-refractivity contribution < 1.29 is 38.1 Å². The van der Waals surface area contributed by atoms with Gasteiger partial charge >= 0.3 is 11.9 Å². The van der Waals surface area contributed by atoms with Gasteiger partial charge in [-0.2, -0.15) is 0 Å². The lowest BCUT2D eigenvalue weighted by molar-refractivity contribution is -0.118. The zero-order valence-corrected chi connectivity index (χ0v) is 54.0. The van der Waals surface area contributed by atoms with E-state index in [1.54, 1.807) is 21.9 Å². The molecule has 2 atom stereocenters. The molecule has 12 heteroatoms. The van der Waals surface area contributed by atoms with E-state index in [9.17, 15) is 19.2 Å². The van der Waals surface area contributed by atoms with Crippen LogP contribution in [0.4, 0.5) is 45.5 Å². The number of carbonyl (C=O) groups is 4. The fourth-order valence-electron chi connectivity index (χ4n) is 14.5. The molecular formula is C81H72N4O8. The molecule has 10 aromatic carbocycles. The molecule has 464 valence electrons. The number of carbonyl (C=O) groups excluding carboxylic acids is 4. The first-order chi connectivity index (χ1) is 44.9. The van der Waals surface area contributed by atoms with Crippen LogP contribution >= 0.6 is 0 Å². The first-order valence-corrected chi connectivity index (χ1v) is 32.1. The quantitative estimate of drug-likeness (QED) is 0.0974. The molecule has 12 nitrogen and oxygen atoms in total. The second-order valence-electron chi connectivity index (χ2n) is 25.0. The van der Waals surface area contributed by atoms with Crippen LogP contribution in [0.15, 0.2) is 206 Å². The number of benzene rings is 10. The SMILES string of the molecule is CCC(=O)N(c1ccc(C(C)(C)c2ccc(N(C(=O)CC)c3cc4c(cc3C)Oc3cc(N(CC)c5ccccc5C)ccc3C43OC(=O)c4ccccc43)cc2)cc1)c1cc2c(cc1C)Oc1cc(N(CC)c3ccccc3C)ccc1C21OC(=O)c2ccccc21. The first kappa shape index (κ1) is 59.9. The summed E-state index contributed by atoms with van der Waals surface area (Å²) in [7, 11) is 0. The summed E-state index contributed by atoms with van der Waals surface area (Å²) in [5.41, 5.74) is 14.2. The summed E-state index contributed by atoms with van der Waals surface area (Å²) in [6.45, 7) is 21.8. The van der Waals surface area contributed by atoms with Gasteiger partial charge in [-0.05, 0) is 172 Å². The van der Waals surface area contributed by atoms with Crippen LogP contribution in [0.2, 0.25) is 0 Å². The summed E-state index contributed by atoms with van der Waals surface area (Å²) in [5, 5.41) is 0.